The maximum atomic E-state index is 11.1. The molecule has 1 atom stereocenters. The van der Waals surface area contributed by atoms with E-state index in [9.17, 15) is 14.7 Å². The number of unbranched alkanes of at least 4 members (excludes halogenated alkanes) is 7. The van der Waals surface area contributed by atoms with Gasteiger partial charge in [0.25, 0.3) is 0 Å². The van der Waals surface area contributed by atoms with Crippen molar-refractivity contribution in [2.45, 2.75) is 64.0 Å². The molecule has 1 aromatic rings. The molecule has 0 aliphatic carbocycles. The lowest BCUT2D eigenvalue weighted by molar-refractivity contribution is -0.563. The van der Waals surface area contributed by atoms with Gasteiger partial charge in [-0.3, -0.25) is 14.7 Å². The van der Waals surface area contributed by atoms with Gasteiger partial charge in [0.2, 0.25) is 0 Å². The SMILES string of the molecule is O=[N+]([O-])C(CCCCCCCCCCP(=O)(O)O)Oc1ccccc1. The number of para-hydroxylation sites is 1. The Morgan fingerprint density at radius 1 is 0.960 bits per heavy atom. The number of nitrogens with zero attached hydrogens (tertiary/aromatic N) is 1. The highest BCUT2D eigenvalue weighted by Crippen LogP contribution is 2.35. The van der Waals surface area contributed by atoms with Crippen LogP contribution in [0, 0.1) is 10.1 Å². The summed E-state index contributed by atoms with van der Waals surface area (Å²) in [5.74, 6) is 0.513. The van der Waals surface area contributed by atoms with Crippen LogP contribution in [0.1, 0.15) is 57.8 Å². The summed E-state index contributed by atoms with van der Waals surface area (Å²) in [5.41, 5.74) is 0. The van der Waals surface area contributed by atoms with Crippen molar-refractivity contribution < 1.29 is 24.0 Å². The molecule has 0 saturated heterocycles. The molecule has 0 amide bonds. The summed E-state index contributed by atoms with van der Waals surface area (Å²) in [6.45, 7) is 0. The largest absolute Gasteiger partial charge is 0.430 e. The molecule has 7 nitrogen and oxygen atoms in total. The molecule has 1 aromatic carbocycles. The highest BCUT2D eigenvalue weighted by Gasteiger charge is 2.21. The van der Waals surface area contributed by atoms with Crippen LogP contribution < -0.4 is 4.74 Å². The molecule has 0 heterocycles. The first-order valence-electron chi connectivity index (χ1n) is 8.78. The van der Waals surface area contributed by atoms with Crippen LogP contribution in [0.25, 0.3) is 0 Å². The normalized spacial score (nSPS) is 12.7. The van der Waals surface area contributed by atoms with Crippen molar-refractivity contribution in [2.24, 2.45) is 0 Å². The van der Waals surface area contributed by atoms with E-state index in [-0.39, 0.29) is 11.1 Å². The van der Waals surface area contributed by atoms with Crippen molar-refractivity contribution in [3.8, 4) is 5.75 Å². The second-order valence-electron chi connectivity index (χ2n) is 6.18. The summed E-state index contributed by atoms with van der Waals surface area (Å²) in [6, 6.07) is 8.82. The number of benzene rings is 1. The van der Waals surface area contributed by atoms with E-state index in [1.807, 2.05) is 6.07 Å². The van der Waals surface area contributed by atoms with E-state index in [1.54, 1.807) is 24.3 Å². The summed E-state index contributed by atoms with van der Waals surface area (Å²) in [6.07, 6.45) is 6.46. The molecular weight excluding hydrogens is 345 g/mol. The van der Waals surface area contributed by atoms with Gasteiger partial charge in [-0.2, -0.15) is 0 Å². The Hall–Kier alpha value is -1.43. The average molecular weight is 373 g/mol. The quantitative estimate of drug-likeness (QED) is 0.165. The maximum Gasteiger partial charge on any atom is 0.353 e. The molecule has 0 saturated carbocycles. The molecule has 0 aliphatic rings. The molecule has 0 fully saturated rings. The topological polar surface area (TPSA) is 110 Å². The molecule has 0 spiro atoms. The van der Waals surface area contributed by atoms with Gasteiger partial charge in [0, 0.05) is 6.16 Å². The van der Waals surface area contributed by atoms with Crippen molar-refractivity contribution in [3.05, 3.63) is 40.4 Å². The zero-order chi connectivity index (χ0) is 18.5. The van der Waals surface area contributed by atoms with Crippen LogP contribution >= 0.6 is 7.60 Å². The van der Waals surface area contributed by atoms with Crippen LogP contribution in [0.3, 0.4) is 0 Å². The van der Waals surface area contributed by atoms with Gasteiger partial charge in [0.1, 0.15) is 5.75 Å². The first kappa shape index (κ1) is 21.6. The smallest absolute Gasteiger partial charge is 0.353 e. The van der Waals surface area contributed by atoms with E-state index < -0.39 is 13.8 Å². The predicted molar refractivity (Wildman–Crippen MR) is 96.3 cm³/mol. The molecule has 1 unspecified atom stereocenters. The molecule has 25 heavy (non-hydrogen) atoms. The second-order valence-corrected chi connectivity index (χ2v) is 7.95. The fourth-order valence-corrected chi connectivity index (χ4v) is 3.20. The van der Waals surface area contributed by atoms with Gasteiger partial charge < -0.3 is 14.5 Å². The minimum atomic E-state index is -3.85. The average Bonchev–Trinajstić information content (AvgIpc) is 2.55. The first-order chi connectivity index (χ1) is 11.9. The molecule has 142 valence electrons. The number of hydrogen-bond donors (Lipinski definition) is 2. The van der Waals surface area contributed by atoms with E-state index in [2.05, 4.69) is 0 Å². The Labute approximate surface area is 148 Å². The second kappa shape index (κ2) is 12.0. The monoisotopic (exact) mass is 373 g/mol. The van der Waals surface area contributed by atoms with E-state index in [0.29, 0.717) is 18.6 Å². The number of nitro groups is 1. The molecule has 8 heteroatoms. The van der Waals surface area contributed by atoms with Gasteiger partial charge in [-0.1, -0.05) is 56.7 Å². The Morgan fingerprint density at radius 2 is 1.48 bits per heavy atom. The lowest BCUT2D eigenvalue weighted by Crippen LogP contribution is -2.26. The van der Waals surface area contributed by atoms with Crippen LogP contribution in [0.4, 0.5) is 0 Å². The number of ether oxygens (including phenoxy) is 1. The van der Waals surface area contributed by atoms with Crippen molar-refractivity contribution in [3.63, 3.8) is 0 Å². The third-order valence-electron chi connectivity index (χ3n) is 3.90. The lowest BCUT2D eigenvalue weighted by Gasteiger charge is -2.11. The summed E-state index contributed by atoms with van der Waals surface area (Å²) < 4.78 is 16.1. The van der Waals surface area contributed by atoms with Gasteiger partial charge in [-0.05, 0) is 25.0 Å². The number of rotatable bonds is 14. The fourth-order valence-electron chi connectivity index (χ4n) is 2.56. The van der Waals surface area contributed by atoms with Crippen molar-refractivity contribution in [1.82, 2.24) is 0 Å². The Kier molecular flexibility index (Phi) is 10.4. The minimum Gasteiger partial charge on any atom is -0.430 e. The lowest BCUT2D eigenvalue weighted by atomic mass is 10.1. The number of hydrogen-bond acceptors (Lipinski definition) is 4. The Morgan fingerprint density at radius 3 is 2.00 bits per heavy atom. The first-order valence-corrected chi connectivity index (χ1v) is 10.6. The van der Waals surface area contributed by atoms with E-state index >= 15 is 0 Å². The predicted octanol–water partition coefficient (Wildman–Crippen LogP) is 4.36. The third-order valence-corrected chi connectivity index (χ3v) is 4.80. The Balaban J connectivity index is 2.05. The Bertz CT molecular complexity index is 533. The molecule has 2 N–H and O–H groups in total. The van der Waals surface area contributed by atoms with Crippen molar-refractivity contribution >= 4 is 7.60 Å². The zero-order valence-electron chi connectivity index (χ0n) is 14.5. The summed E-state index contributed by atoms with van der Waals surface area (Å²) in [4.78, 5) is 28.2. The zero-order valence-corrected chi connectivity index (χ0v) is 15.4. The molecule has 0 aromatic heterocycles. The molecule has 0 radical (unpaired) electrons. The van der Waals surface area contributed by atoms with Gasteiger partial charge in [0.05, 0.1) is 11.3 Å². The van der Waals surface area contributed by atoms with Crippen molar-refractivity contribution in [2.75, 3.05) is 6.16 Å². The van der Waals surface area contributed by atoms with Gasteiger partial charge >= 0.3 is 13.8 Å². The minimum absolute atomic E-state index is 0.0311. The highest BCUT2D eigenvalue weighted by molar-refractivity contribution is 7.51. The molecular formula is C17H28NO6P. The molecule has 0 aliphatic heterocycles. The molecule has 0 bridgehead atoms. The van der Waals surface area contributed by atoms with E-state index in [0.717, 1.165) is 44.9 Å². The van der Waals surface area contributed by atoms with Gasteiger partial charge in [-0.25, -0.2) is 0 Å². The third kappa shape index (κ3) is 11.7. The summed E-state index contributed by atoms with van der Waals surface area (Å²) in [7, 11) is -3.85. The van der Waals surface area contributed by atoms with Gasteiger partial charge in [0.15, 0.2) is 0 Å². The maximum absolute atomic E-state index is 11.1. The van der Waals surface area contributed by atoms with E-state index in [1.165, 1.54) is 0 Å². The van der Waals surface area contributed by atoms with Crippen LogP contribution in [0.2, 0.25) is 0 Å². The highest BCUT2D eigenvalue weighted by atomic mass is 31.2. The standard InChI is InChI=1S/C17H28NO6P/c19-18(20)17(24-16-12-8-7-9-13-16)14-10-5-3-1-2-4-6-11-15-25(21,22)23/h7-9,12-13,17H,1-6,10-11,14-15H2,(H2,21,22,23). The molecule has 1 rings (SSSR count). The van der Waals surface area contributed by atoms with Crippen molar-refractivity contribution in [1.29, 1.82) is 0 Å². The van der Waals surface area contributed by atoms with Crippen LogP contribution in [0.15, 0.2) is 30.3 Å². The van der Waals surface area contributed by atoms with Crippen LogP contribution in [-0.4, -0.2) is 27.1 Å². The van der Waals surface area contributed by atoms with E-state index in [4.69, 9.17) is 14.5 Å². The summed E-state index contributed by atoms with van der Waals surface area (Å²) in [5, 5.41) is 11.1. The van der Waals surface area contributed by atoms with Crippen LogP contribution in [0.5, 0.6) is 5.75 Å². The summed E-state index contributed by atoms with van der Waals surface area (Å²) >= 11 is 0. The van der Waals surface area contributed by atoms with Gasteiger partial charge in [-0.15, -0.1) is 0 Å². The fraction of sp³-hybridized carbons (Fsp3) is 0.647. The van der Waals surface area contributed by atoms with Crippen LogP contribution in [-0.2, 0) is 4.57 Å².